The first-order chi connectivity index (χ1) is 13.9. The Morgan fingerprint density at radius 1 is 1.31 bits per heavy atom. The fraction of sp³-hybridized carbons (Fsp3) is 0.263. The molecule has 10 heteroatoms. The summed E-state index contributed by atoms with van der Waals surface area (Å²) in [7, 11) is 0. The van der Waals surface area contributed by atoms with Gasteiger partial charge in [0.1, 0.15) is 5.82 Å². The van der Waals surface area contributed by atoms with E-state index in [9.17, 15) is 19.7 Å². The van der Waals surface area contributed by atoms with Crippen molar-refractivity contribution in [2.75, 3.05) is 5.32 Å². The van der Waals surface area contributed by atoms with Crippen LogP contribution >= 0.6 is 0 Å². The second kappa shape index (κ2) is 7.30. The Morgan fingerprint density at radius 3 is 2.79 bits per heavy atom. The minimum absolute atomic E-state index is 0.0329. The van der Waals surface area contributed by atoms with Gasteiger partial charge in [-0.1, -0.05) is 12.1 Å². The number of rotatable bonds is 5. The van der Waals surface area contributed by atoms with Gasteiger partial charge in [-0.3, -0.25) is 24.7 Å². The first-order valence-electron chi connectivity index (χ1n) is 9.13. The van der Waals surface area contributed by atoms with E-state index in [0.29, 0.717) is 22.6 Å². The number of carbonyl (C=O) groups is 1. The number of nitrogens with zero attached hydrogens (tertiary/aromatic N) is 4. The zero-order valence-corrected chi connectivity index (χ0v) is 15.6. The molecular formula is C19H18N6O4. The lowest BCUT2D eigenvalue weighted by molar-refractivity contribution is -0.384. The minimum Gasteiger partial charge on any atom is -0.310 e. The lowest BCUT2D eigenvalue weighted by atomic mass is 10.1. The number of aryl methyl sites for hydroxylation is 2. The second-order valence-electron chi connectivity index (χ2n) is 6.90. The van der Waals surface area contributed by atoms with Gasteiger partial charge in [0.05, 0.1) is 22.7 Å². The van der Waals surface area contributed by atoms with Gasteiger partial charge in [-0.05, 0) is 31.7 Å². The van der Waals surface area contributed by atoms with Crippen molar-refractivity contribution in [1.29, 1.82) is 0 Å². The molecule has 0 unspecified atom stereocenters. The van der Waals surface area contributed by atoms with Crippen LogP contribution in [0.25, 0.3) is 5.95 Å². The number of nitro benzene ring substituents is 1. The number of nitro groups is 1. The summed E-state index contributed by atoms with van der Waals surface area (Å²) in [6.07, 6.45) is 2.39. The number of anilines is 1. The third kappa shape index (κ3) is 3.77. The summed E-state index contributed by atoms with van der Waals surface area (Å²) >= 11 is 0. The number of aromatic nitrogens is 4. The van der Waals surface area contributed by atoms with Gasteiger partial charge < -0.3 is 5.32 Å². The van der Waals surface area contributed by atoms with Gasteiger partial charge in [0, 0.05) is 23.8 Å². The number of fused-ring (bicyclic) bond motifs is 1. The summed E-state index contributed by atoms with van der Waals surface area (Å²) in [6, 6.07) is 7.48. The summed E-state index contributed by atoms with van der Waals surface area (Å²) in [6.45, 7) is 1.77. The molecule has 3 aromatic rings. The smallest absolute Gasteiger partial charge is 0.269 e. The number of aromatic amines is 1. The van der Waals surface area contributed by atoms with Crippen LogP contribution in [0, 0.1) is 17.0 Å². The van der Waals surface area contributed by atoms with Crippen LogP contribution in [0.1, 0.15) is 28.9 Å². The van der Waals surface area contributed by atoms with Crippen molar-refractivity contribution in [3.63, 3.8) is 0 Å². The Kier molecular flexibility index (Phi) is 4.67. The maximum Gasteiger partial charge on any atom is 0.269 e. The van der Waals surface area contributed by atoms with Gasteiger partial charge in [-0.2, -0.15) is 9.78 Å². The van der Waals surface area contributed by atoms with E-state index < -0.39 is 4.92 Å². The quantitative estimate of drug-likeness (QED) is 0.501. The topological polar surface area (TPSA) is 136 Å². The van der Waals surface area contributed by atoms with E-state index in [-0.39, 0.29) is 29.5 Å². The molecule has 2 aromatic heterocycles. The molecule has 148 valence electrons. The molecule has 0 atom stereocenters. The van der Waals surface area contributed by atoms with Crippen LogP contribution in [0.3, 0.4) is 0 Å². The number of hydrogen-bond acceptors (Lipinski definition) is 6. The summed E-state index contributed by atoms with van der Waals surface area (Å²) in [5.41, 5.74) is 2.55. The molecule has 1 aliphatic carbocycles. The molecule has 0 saturated heterocycles. The summed E-state index contributed by atoms with van der Waals surface area (Å²) in [5, 5.41) is 17.8. The van der Waals surface area contributed by atoms with Gasteiger partial charge >= 0.3 is 0 Å². The molecule has 0 saturated carbocycles. The minimum atomic E-state index is -0.491. The van der Waals surface area contributed by atoms with E-state index in [1.54, 1.807) is 25.1 Å². The Bertz CT molecular complexity index is 1160. The molecule has 2 heterocycles. The summed E-state index contributed by atoms with van der Waals surface area (Å²) in [5.74, 6) is 0.327. The van der Waals surface area contributed by atoms with Crippen LogP contribution in [0.4, 0.5) is 11.5 Å². The van der Waals surface area contributed by atoms with Crippen LogP contribution in [-0.2, 0) is 24.1 Å². The van der Waals surface area contributed by atoms with Crippen LogP contribution < -0.4 is 10.9 Å². The van der Waals surface area contributed by atoms with Crippen LogP contribution in [0.5, 0.6) is 0 Å². The van der Waals surface area contributed by atoms with Crippen LogP contribution in [0.15, 0.2) is 35.1 Å². The first kappa shape index (κ1) is 18.5. The van der Waals surface area contributed by atoms with Crippen molar-refractivity contribution in [1.82, 2.24) is 19.7 Å². The highest BCUT2D eigenvalue weighted by atomic mass is 16.6. The second-order valence-corrected chi connectivity index (χ2v) is 6.90. The van der Waals surface area contributed by atoms with E-state index in [1.165, 1.54) is 16.8 Å². The number of non-ortho nitro benzene ring substituents is 1. The van der Waals surface area contributed by atoms with Gasteiger partial charge in [0.2, 0.25) is 11.9 Å². The number of hydrogen-bond donors (Lipinski definition) is 2. The molecule has 0 radical (unpaired) electrons. The van der Waals surface area contributed by atoms with E-state index >= 15 is 0 Å². The molecule has 10 nitrogen and oxygen atoms in total. The van der Waals surface area contributed by atoms with E-state index in [2.05, 4.69) is 20.4 Å². The predicted octanol–water partition coefficient (Wildman–Crippen LogP) is 1.84. The van der Waals surface area contributed by atoms with Gasteiger partial charge in [-0.15, -0.1) is 0 Å². The Hall–Kier alpha value is -3.82. The number of amides is 1. The SMILES string of the molecule is Cc1cc(NC(=O)Cc2ccc([N+](=O)[O-])cc2)n(-c2nc3c(c(=O)[nH]2)CCC3)n1. The van der Waals surface area contributed by atoms with Crippen molar-refractivity contribution in [3.8, 4) is 5.95 Å². The lowest BCUT2D eigenvalue weighted by Gasteiger charge is -2.09. The fourth-order valence-electron chi connectivity index (χ4n) is 3.39. The highest BCUT2D eigenvalue weighted by Gasteiger charge is 2.20. The van der Waals surface area contributed by atoms with Crippen molar-refractivity contribution in [2.24, 2.45) is 0 Å². The third-order valence-electron chi connectivity index (χ3n) is 4.74. The van der Waals surface area contributed by atoms with Gasteiger partial charge in [0.25, 0.3) is 11.2 Å². The zero-order valence-electron chi connectivity index (χ0n) is 15.6. The molecule has 0 fully saturated rings. The number of H-pyrrole nitrogens is 1. The average molecular weight is 394 g/mol. The Labute approximate surface area is 164 Å². The maximum atomic E-state index is 12.5. The van der Waals surface area contributed by atoms with Crippen molar-refractivity contribution < 1.29 is 9.72 Å². The van der Waals surface area contributed by atoms with Crippen molar-refractivity contribution >= 4 is 17.4 Å². The molecule has 1 amide bonds. The highest BCUT2D eigenvalue weighted by Crippen LogP contribution is 2.19. The van der Waals surface area contributed by atoms with E-state index in [1.807, 2.05) is 0 Å². The Morgan fingerprint density at radius 2 is 2.07 bits per heavy atom. The molecule has 0 aliphatic heterocycles. The number of nitrogens with one attached hydrogen (secondary N) is 2. The van der Waals surface area contributed by atoms with Crippen LogP contribution in [-0.4, -0.2) is 30.6 Å². The van der Waals surface area contributed by atoms with E-state index in [0.717, 1.165) is 25.0 Å². The molecular weight excluding hydrogens is 376 g/mol. The number of benzene rings is 1. The standard InChI is InChI=1S/C19H18N6O4/c1-11-9-16(21-17(26)10-12-5-7-13(8-6-12)25(28)29)24(23-11)19-20-15-4-2-3-14(15)18(27)22-19/h5-9H,2-4,10H2,1H3,(H,21,26)(H,20,22,27). The first-order valence-corrected chi connectivity index (χ1v) is 9.13. The monoisotopic (exact) mass is 394 g/mol. The molecule has 1 aliphatic rings. The molecule has 2 N–H and O–H groups in total. The zero-order chi connectivity index (χ0) is 20.5. The summed E-state index contributed by atoms with van der Waals surface area (Å²) < 4.78 is 1.41. The van der Waals surface area contributed by atoms with Gasteiger partial charge in [-0.25, -0.2) is 4.98 Å². The molecule has 4 rings (SSSR count). The molecule has 1 aromatic carbocycles. The van der Waals surface area contributed by atoms with Crippen molar-refractivity contribution in [3.05, 3.63) is 73.3 Å². The van der Waals surface area contributed by atoms with Crippen LogP contribution in [0.2, 0.25) is 0 Å². The average Bonchev–Trinajstić information content (AvgIpc) is 3.28. The van der Waals surface area contributed by atoms with Crippen molar-refractivity contribution in [2.45, 2.75) is 32.6 Å². The predicted molar refractivity (Wildman–Crippen MR) is 104 cm³/mol. The molecule has 0 bridgehead atoms. The highest BCUT2D eigenvalue weighted by molar-refractivity contribution is 5.91. The van der Waals surface area contributed by atoms with Gasteiger partial charge in [0.15, 0.2) is 0 Å². The fourth-order valence-corrected chi connectivity index (χ4v) is 3.39. The summed E-state index contributed by atoms with van der Waals surface area (Å²) in [4.78, 5) is 42.2. The third-order valence-corrected chi connectivity index (χ3v) is 4.74. The normalized spacial score (nSPS) is 12.6. The largest absolute Gasteiger partial charge is 0.310 e. The Balaban J connectivity index is 1.56. The molecule has 29 heavy (non-hydrogen) atoms. The van der Waals surface area contributed by atoms with E-state index in [4.69, 9.17) is 0 Å². The number of carbonyl (C=O) groups excluding carboxylic acids is 1. The lowest BCUT2D eigenvalue weighted by Crippen LogP contribution is -2.21. The maximum absolute atomic E-state index is 12.5. The molecule has 0 spiro atoms.